The van der Waals surface area contributed by atoms with Crippen LogP contribution >= 0.6 is 0 Å². The molecule has 0 N–H and O–H groups in total. The summed E-state index contributed by atoms with van der Waals surface area (Å²) in [5.74, 6) is -0.298. The van der Waals surface area contributed by atoms with Gasteiger partial charge in [0.15, 0.2) is 16.4 Å². The van der Waals surface area contributed by atoms with Crippen LogP contribution in [0.1, 0.15) is 51.5 Å². The van der Waals surface area contributed by atoms with Crippen molar-refractivity contribution in [3.63, 3.8) is 0 Å². The second-order valence-corrected chi connectivity index (χ2v) is 9.37. The highest BCUT2D eigenvalue weighted by atomic mass is 32.2. The molecular formula is C21H25NO6S. The Balaban J connectivity index is 1.72. The lowest BCUT2D eigenvalue weighted by Crippen LogP contribution is -2.17. The number of ether oxygens (including phenoxy) is 2. The van der Waals surface area contributed by atoms with Gasteiger partial charge >= 0.3 is 5.97 Å². The topological polar surface area (TPSA) is 91.7 Å². The van der Waals surface area contributed by atoms with Gasteiger partial charge < -0.3 is 14.0 Å². The van der Waals surface area contributed by atoms with Crippen LogP contribution < -0.4 is 4.74 Å². The molecule has 0 amide bonds. The number of sulfone groups is 1. The number of para-hydroxylation sites is 1. The van der Waals surface area contributed by atoms with Crippen LogP contribution in [0, 0.1) is 13.8 Å². The molecule has 0 radical (unpaired) electrons. The summed E-state index contributed by atoms with van der Waals surface area (Å²) < 4.78 is 36.2. The third kappa shape index (κ3) is 4.53. The summed E-state index contributed by atoms with van der Waals surface area (Å²) in [5, 5.41) is 0. The summed E-state index contributed by atoms with van der Waals surface area (Å²) in [6.07, 6.45) is 0.537. The van der Waals surface area contributed by atoms with Crippen LogP contribution in [0.25, 0.3) is 0 Å². The van der Waals surface area contributed by atoms with Crippen LogP contribution in [0.2, 0.25) is 0 Å². The van der Waals surface area contributed by atoms with Crippen molar-refractivity contribution in [2.24, 2.45) is 0 Å². The summed E-state index contributed by atoms with van der Waals surface area (Å²) in [6.45, 7) is 5.46. The van der Waals surface area contributed by atoms with Crippen LogP contribution in [0.15, 0.2) is 30.3 Å². The minimum atomic E-state index is -3.04. The van der Waals surface area contributed by atoms with E-state index in [1.54, 1.807) is 37.3 Å². The van der Waals surface area contributed by atoms with Gasteiger partial charge in [-0.25, -0.2) is 13.2 Å². The Labute approximate surface area is 170 Å². The third-order valence-electron chi connectivity index (χ3n) is 5.10. The molecule has 1 aliphatic rings. The number of ketones is 1. The number of hydrogen-bond acceptors (Lipinski definition) is 6. The molecule has 1 atom stereocenters. The maximum atomic E-state index is 12.7. The maximum Gasteiger partial charge on any atom is 0.342 e. The van der Waals surface area contributed by atoms with Crippen LogP contribution in [0.5, 0.6) is 5.75 Å². The predicted octanol–water partition coefficient (Wildman–Crippen LogP) is 2.90. The fraction of sp³-hybridized carbons (Fsp3) is 0.429. The van der Waals surface area contributed by atoms with Gasteiger partial charge in [-0.3, -0.25) is 4.79 Å². The van der Waals surface area contributed by atoms with E-state index in [2.05, 4.69) is 0 Å². The van der Waals surface area contributed by atoms with Gasteiger partial charge in [-0.15, -0.1) is 0 Å². The van der Waals surface area contributed by atoms with Gasteiger partial charge in [-0.1, -0.05) is 12.1 Å². The van der Waals surface area contributed by atoms with Crippen LogP contribution in [-0.4, -0.2) is 49.5 Å². The van der Waals surface area contributed by atoms with Crippen molar-refractivity contribution >= 4 is 21.6 Å². The Morgan fingerprint density at radius 3 is 2.55 bits per heavy atom. The zero-order chi connectivity index (χ0) is 21.2. The second kappa shape index (κ2) is 8.41. The zero-order valence-corrected chi connectivity index (χ0v) is 17.6. The molecule has 1 aromatic heterocycles. The summed E-state index contributed by atoms with van der Waals surface area (Å²) >= 11 is 0. The average Bonchev–Trinajstić information content (AvgIpc) is 3.18. The molecule has 7 nitrogen and oxygen atoms in total. The lowest BCUT2D eigenvalue weighted by atomic mass is 10.1. The third-order valence-corrected chi connectivity index (χ3v) is 6.85. The number of rotatable bonds is 7. The normalized spacial score (nSPS) is 17.8. The lowest BCUT2D eigenvalue weighted by molar-refractivity contribution is 0.0470. The van der Waals surface area contributed by atoms with Crippen molar-refractivity contribution in [3.05, 3.63) is 52.8 Å². The fourth-order valence-electron chi connectivity index (χ4n) is 3.80. The van der Waals surface area contributed by atoms with Crippen LogP contribution in [-0.2, 0) is 14.6 Å². The molecule has 1 aromatic carbocycles. The van der Waals surface area contributed by atoms with E-state index in [4.69, 9.17) is 9.47 Å². The number of esters is 1. The smallest absolute Gasteiger partial charge is 0.342 e. The molecule has 2 heterocycles. The van der Waals surface area contributed by atoms with Crippen LogP contribution in [0.4, 0.5) is 0 Å². The standard InChI is InChI=1S/C21H25NO6S/c1-4-27-20-8-6-5-7-17(20)21(24)28-12-19(23)18-11-14(2)22(15(18)3)16-9-10-29(25,26)13-16/h5-8,11,16H,4,9-10,12-13H2,1-3H3/t16-/m1/s1. The van der Waals surface area contributed by atoms with E-state index >= 15 is 0 Å². The first-order valence-corrected chi connectivity index (χ1v) is 11.4. The second-order valence-electron chi connectivity index (χ2n) is 7.14. The molecule has 1 fully saturated rings. The molecule has 0 unspecified atom stereocenters. The molecule has 1 aliphatic heterocycles. The summed E-state index contributed by atoms with van der Waals surface area (Å²) in [5.41, 5.74) is 2.22. The van der Waals surface area contributed by atoms with Gasteiger partial charge in [0.1, 0.15) is 11.3 Å². The van der Waals surface area contributed by atoms with Gasteiger partial charge in [0.05, 0.1) is 18.1 Å². The lowest BCUT2D eigenvalue weighted by Gasteiger charge is -2.16. The van der Waals surface area contributed by atoms with E-state index < -0.39 is 22.4 Å². The molecular weight excluding hydrogens is 394 g/mol. The van der Waals surface area contributed by atoms with Gasteiger partial charge in [0.25, 0.3) is 0 Å². The van der Waals surface area contributed by atoms with E-state index in [0.717, 1.165) is 5.69 Å². The molecule has 156 valence electrons. The SMILES string of the molecule is CCOc1ccccc1C(=O)OCC(=O)c1cc(C)n([C@@H]2CCS(=O)(=O)C2)c1C. The predicted molar refractivity (Wildman–Crippen MR) is 108 cm³/mol. The van der Waals surface area contributed by atoms with Gasteiger partial charge in [-0.2, -0.15) is 0 Å². The molecule has 0 saturated carbocycles. The quantitative estimate of drug-likeness (QED) is 0.506. The molecule has 0 spiro atoms. The molecule has 3 rings (SSSR count). The van der Waals surface area contributed by atoms with Crippen molar-refractivity contribution < 1.29 is 27.5 Å². The number of aromatic nitrogens is 1. The molecule has 2 aromatic rings. The van der Waals surface area contributed by atoms with Crippen molar-refractivity contribution in [1.29, 1.82) is 0 Å². The van der Waals surface area contributed by atoms with E-state index in [1.165, 1.54) is 0 Å². The number of aryl methyl sites for hydroxylation is 1. The Morgan fingerprint density at radius 1 is 1.17 bits per heavy atom. The highest BCUT2D eigenvalue weighted by Gasteiger charge is 2.31. The van der Waals surface area contributed by atoms with Crippen molar-refractivity contribution in [2.75, 3.05) is 24.7 Å². The first-order valence-electron chi connectivity index (χ1n) is 9.54. The first-order chi connectivity index (χ1) is 13.7. The molecule has 8 heteroatoms. The molecule has 29 heavy (non-hydrogen) atoms. The first kappa shape index (κ1) is 21.1. The number of nitrogens with zero attached hydrogens (tertiary/aromatic N) is 1. The van der Waals surface area contributed by atoms with E-state index in [1.807, 2.05) is 18.4 Å². The fourth-order valence-corrected chi connectivity index (χ4v) is 5.50. The summed E-state index contributed by atoms with van der Waals surface area (Å²) in [6, 6.07) is 8.28. The molecule has 1 saturated heterocycles. The number of carbonyl (C=O) groups is 2. The highest BCUT2D eigenvalue weighted by molar-refractivity contribution is 7.91. The van der Waals surface area contributed by atoms with Crippen molar-refractivity contribution in [2.45, 2.75) is 33.2 Å². The monoisotopic (exact) mass is 419 g/mol. The zero-order valence-electron chi connectivity index (χ0n) is 16.8. The Kier molecular flexibility index (Phi) is 6.12. The van der Waals surface area contributed by atoms with Crippen molar-refractivity contribution in [1.82, 2.24) is 4.57 Å². The van der Waals surface area contributed by atoms with Gasteiger partial charge in [-0.05, 0) is 45.4 Å². The molecule has 0 aliphatic carbocycles. The average molecular weight is 419 g/mol. The van der Waals surface area contributed by atoms with E-state index in [0.29, 0.717) is 30.0 Å². The van der Waals surface area contributed by atoms with Crippen molar-refractivity contribution in [3.8, 4) is 5.75 Å². The Morgan fingerprint density at radius 2 is 1.90 bits per heavy atom. The maximum absolute atomic E-state index is 12.7. The van der Waals surface area contributed by atoms with Gasteiger partial charge in [0.2, 0.25) is 5.78 Å². The number of benzene rings is 1. The van der Waals surface area contributed by atoms with Gasteiger partial charge in [0, 0.05) is 23.0 Å². The number of Topliss-reactive ketones (excluding diaryl/α,β-unsaturated/α-hetero) is 1. The summed E-state index contributed by atoms with van der Waals surface area (Å²) in [7, 11) is -3.04. The Bertz CT molecular complexity index is 1040. The highest BCUT2D eigenvalue weighted by Crippen LogP contribution is 2.29. The number of carbonyl (C=O) groups excluding carboxylic acids is 2. The van der Waals surface area contributed by atoms with E-state index in [-0.39, 0.29) is 28.9 Å². The minimum absolute atomic E-state index is 0.0835. The van der Waals surface area contributed by atoms with Crippen LogP contribution in [0.3, 0.4) is 0 Å². The number of hydrogen-bond donors (Lipinski definition) is 0. The summed E-state index contributed by atoms with van der Waals surface area (Å²) in [4.78, 5) is 25.1. The van der Waals surface area contributed by atoms with E-state index in [9.17, 15) is 18.0 Å². The molecule has 0 bridgehead atoms. The Hall–Kier alpha value is -2.61. The minimum Gasteiger partial charge on any atom is -0.493 e. The largest absolute Gasteiger partial charge is 0.493 e.